The van der Waals surface area contributed by atoms with Crippen molar-refractivity contribution in [2.75, 3.05) is 16.7 Å². The summed E-state index contributed by atoms with van der Waals surface area (Å²) in [6, 6.07) is 13.3. The van der Waals surface area contributed by atoms with Gasteiger partial charge < -0.3 is 4.90 Å². The predicted molar refractivity (Wildman–Crippen MR) is 102 cm³/mol. The monoisotopic (exact) mass is 359 g/mol. The van der Waals surface area contributed by atoms with Crippen molar-refractivity contribution < 1.29 is 8.42 Å². The molecule has 1 aromatic carbocycles. The fourth-order valence-corrected chi connectivity index (χ4v) is 4.50. The van der Waals surface area contributed by atoms with E-state index in [1.807, 2.05) is 24.3 Å². The van der Waals surface area contributed by atoms with E-state index >= 15 is 0 Å². The molecule has 0 bridgehead atoms. The highest BCUT2D eigenvalue weighted by molar-refractivity contribution is 7.91. The third-order valence-electron chi connectivity index (χ3n) is 4.70. The van der Waals surface area contributed by atoms with Crippen molar-refractivity contribution in [1.82, 2.24) is 4.98 Å². The number of hydrogen-bond donors (Lipinski definition) is 1. The first kappa shape index (κ1) is 17.7. The molecule has 0 unspecified atom stereocenters. The van der Waals surface area contributed by atoms with Crippen molar-refractivity contribution >= 4 is 21.5 Å². The predicted octanol–water partition coefficient (Wildman–Crippen LogP) is 3.79. The van der Waals surface area contributed by atoms with Crippen molar-refractivity contribution in [1.29, 1.82) is 0 Å². The zero-order valence-corrected chi connectivity index (χ0v) is 15.4. The Morgan fingerprint density at radius 1 is 1.08 bits per heavy atom. The molecule has 1 aliphatic carbocycles. The van der Waals surface area contributed by atoms with E-state index < -0.39 is 10.0 Å². The maximum atomic E-state index is 12.3. The van der Waals surface area contributed by atoms with E-state index in [1.54, 1.807) is 24.4 Å². The first-order valence-corrected chi connectivity index (χ1v) is 10.4. The molecule has 0 amide bonds. The maximum Gasteiger partial charge on any atom is 0.236 e. The zero-order chi connectivity index (χ0) is 17.7. The van der Waals surface area contributed by atoms with Gasteiger partial charge in [0.15, 0.2) is 0 Å². The minimum atomic E-state index is -3.44. The fourth-order valence-electron chi connectivity index (χ4n) is 3.32. The molecule has 0 spiro atoms. The molecule has 6 heteroatoms. The highest BCUT2D eigenvalue weighted by atomic mass is 32.2. The second-order valence-corrected chi connectivity index (χ2v) is 8.38. The van der Waals surface area contributed by atoms with E-state index in [0.717, 1.165) is 11.4 Å². The average molecular weight is 359 g/mol. The first-order valence-electron chi connectivity index (χ1n) is 8.77. The van der Waals surface area contributed by atoms with Gasteiger partial charge in [0.05, 0.1) is 17.6 Å². The SMILES string of the molecule is CN(c1ccc(NS(=O)(=O)Cc2ccccc2)cn1)C1CCCCC1. The highest BCUT2D eigenvalue weighted by Crippen LogP contribution is 2.25. The number of nitrogens with one attached hydrogen (secondary N) is 1. The van der Waals surface area contributed by atoms with Crippen LogP contribution in [0.4, 0.5) is 11.5 Å². The second-order valence-electron chi connectivity index (χ2n) is 6.65. The van der Waals surface area contributed by atoms with Crippen molar-refractivity contribution in [2.45, 2.75) is 43.9 Å². The Labute approximate surface area is 150 Å². The average Bonchev–Trinajstić information content (AvgIpc) is 2.62. The number of pyridine rings is 1. The lowest BCUT2D eigenvalue weighted by Crippen LogP contribution is -2.33. The van der Waals surface area contributed by atoms with Gasteiger partial charge in [-0.15, -0.1) is 0 Å². The lowest BCUT2D eigenvalue weighted by atomic mass is 9.94. The minimum Gasteiger partial charge on any atom is -0.357 e. The summed E-state index contributed by atoms with van der Waals surface area (Å²) < 4.78 is 27.2. The number of rotatable bonds is 6. The van der Waals surface area contributed by atoms with E-state index in [9.17, 15) is 8.42 Å². The molecule has 0 saturated heterocycles. The van der Waals surface area contributed by atoms with Crippen LogP contribution < -0.4 is 9.62 Å². The van der Waals surface area contributed by atoms with Crippen LogP contribution in [0.1, 0.15) is 37.7 Å². The summed E-state index contributed by atoms with van der Waals surface area (Å²) in [4.78, 5) is 6.65. The zero-order valence-electron chi connectivity index (χ0n) is 14.6. The normalized spacial score (nSPS) is 15.7. The number of anilines is 2. The molecular formula is C19H25N3O2S. The molecule has 134 valence electrons. The van der Waals surface area contributed by atoms with Gasteiger partial charge in [0, 0.05) is 13.1 Å². The third-order valence-corrected chi connectivity index (χ3v) is 5.96. The van der Waals surface area contributed by atoms with E-state index in [-0.39, 0.29) is 5.75 Å². The standard InChI is InChI=1S/C19H25N3O2S/c1-22(18-10-6-3-7-11-18)19-13-12-17(14-20-19)21-25(23,24)15-16-8-4-2-5-9-16/h2,4-5,8-9,12-14,18,21H,3,6-7,10-11,15H2,1H3. The van der Waals surface area contributed by atoms with Crippen LogP contribution in [0.5, 0.6) is 0 Å². The molecule has 1 fully saturated rings. The number of sulfonamides is 1. The maximum absolute atomic E-state index is 12.3. The molecule has 0 aliphatic heterocycles. The van der Waals surface area contributed by atoms with Crippen molar-refractivity contribution in [2.24, 2.45) is 0 Å². The number of benzene rings is 1. The van der Waals surface area contributed by atoms with E-state index in [4.69, 9.17) is 0 Å². The molecule has 1 aliphatic rings. The minimum absolute atomic E-state index is 0.0441. The number of nitrogens with zero attached hydrogens (tertiary/aromatic N) is 2. The van der Waals surface area contributed by atoms with Crippen LogP contribution in [0.15, 0.2) is 48.7 Å². The molecule has 2 aromatic rings. The van der Waals surface area contributed by atoms with Gasteiger partial charge >= 0.3 is 0 Å². The Balaban J connectivity index is 1.63. The van der Waals surface area contributed by atoms with Gasteiger partial charge in [0.1, 0.15) is 5.82 Å². The van der Waals surface area contributed by atoms with Crippen LogP contribution in [0.3, 0.4) is 0 Å². The summed E-state index contributed by atoms with van der Waals surface area (Å²) in [5.74, 6) is 0.843. The summed E-state index contributed by atoms with van der Waals surface area (Å²) >= 11 is 0. The molecule has 1 saturated carbocycles. The Hall–Kier alpha value is -2.08. The lowest BCUT2D eigenvalue weighted by molar-refractivity contribution is 0.426. The lowest BCUT2D eigenvalue weighted by Gasteiger charge is -2.32. The third kappa shape index (κ3) is 4.95. The summed E-state index contributed by atoms with van der Waals surface area (Å²) in [6.45, 7) is 0. The highest BCUT2D eigenvalue weighted by Gasteiger charge is 2.19. The molecule has 25 heavy (non-hydrogen) atoms. The van der Waals surface area contributed by atoms with Crippen LogP contribution in [0.2, 0.25) is 0 Å². The largest absolute Gasteiger partial charge is 0.357 e. The van der Waals surface area contributed by atoms with Crippen LogP contribution in [0, 0.1) is 0 Å². The van der Waals surface area contributed by atoms with Crippen LogP contribution in [-0.4, -0.2) is 26.5 Å². The molecule has 5 nitrogen and oxygen atoms in total. The van der Waals surface area contributed by atoms with Gasteiger partial charge in [-0.3, -0.25) is 4.72 Å². The molecule has 1 heterocycles. The topological polar surface area (TPSA) is 62.3 Å². The Kier molecular flexibility index (Phi) is 5.58. The van der Waals surface area contributed by atoms with E-state index in [1.165, 1.54) is 32.1 Å². The molecule has 0 atom stereocenters. The number of aromatic nitrogens is 1. The smallest absolute Gasteiger partial charge is 0.236 e. The molecule has 3 rings (SSSR count). The Bertz CT molecular complexity index is 770. The van der Waals surface area contributed by atoms with Gasteiger partial charge in [0.25, 0.3) is 0 Å². The fraction of sp³-hybridized carbons (Fsp3) is 0.421. The van der Waals surface area contributed by atoms with E-state index in [0.29, 0.717) is 11.7 Å². The summed E-state index contributed by atoms with van der Waals surface area (Å²) in [6.07, 6.45) is 7.85. The molecular weight excluding hydrogens is 334 g/mol. The van der Waals surface area contributed by atoms with Crippen LogP contribution in [-0.2, 0) is 15.8 Å². The Morgan fingerprint density at radius 3 is 2.44 bits per heavy atom. The molecule has 1 N–H and O–H groups in total. The van der Waals surface area contributed by atoms with Crippen LogP contribution >= 0.6 is 0 Å². The quantitative estimate of drug-likeness (QED) is 0.852. The summed E-state index contributed by atoms with van der Waals surface area (Å²) in [5.41, 5.74) is 1.26. The molecule has 1 aromatic heterocycles. The van der Waals surface area contributed by atoms with Gasteiger partial charge in [-0.05, 0) is 30.5 Å². The summed E-state index contributed by atoms with van der Waals surface area (Å²) in [7, 11) is -1.38. The van der Waals surface area contributed by atoms with Crippen molar-refractivity contribution in [3.8, 4) is 0 Å². The summed E-state index contributed by atoms with van der Waals surface area (Å²) in [5, 5.41) is 0. The number of hydrogen-bond acceptors (Lipinski definition) is 4. The van der Waals surface area contributed by atoms with Crippen molar-refractivity contribution in [3.63, 3.8) is 0 Å². The van der Waals surface area contributed by atoms with Crippen molar-refractivity contribution in [3.05, 3.63) is 54.2 Å². The van der Waals surface area contributed by atoms with Gasteiger partial charge in [-0.1, -0.05) is 49.6 Å². The van der Waals surface area contributed by atoms with Gasteiger partial charge in [-0.25, -0.2) is 13.4 Å². The van der Waals surface area contributed by atoms with Gasteiger partial charge in [-0.2, -0.15) is 0 Å². The Morgan fingerprint density at radius 2 is 1.80 bits per heavy atom. The molecule has 0 radical (unpaired) electrons. The second kappa shape index (κ2) is 7.87. The first-order chi connectivity index (χ1) is 12.0. The van der Waals surface area contributed by atoms with Gasteiger partial charge in [0.2, 0.25) is 10.0 Å². The van der Waals surface area contributed by atoms with Crippen LogP contribution in [0.25, 0.3) is 0 Å². The van der Waals surface area contributed by atoms with E-state index in [2.05, 4.69) is 21.7 Å².